The maximum absolute atomic E-state index is 12.1. The molecule has 0 aliphatic rings. The number of phenolic OH excluding ortho intramolecular Hbond substituents is 6. The van der Waals surface area contributed by atoms with E-state index in [1.54, 1.807) is 109 Å². The molecule has 0 spiro atoms. The van der Waals surface area contributed by atoms with Gasteiger partial charge in [-0.1, -0.05) is 114 Å². The van der Waals surface area contributed by atoms with Crippen LogP contribution in [0.15, 0.2) is 146 Å². The summed E-state index contributed by atoms with van der Waals surface area (Å²) in [6.45, 7) is 14.1. The van der Waals surface area contributed by atoms with Gasteiger partial charge in [-0.3, -0.25) is 29.9 Å². The van der Waals surface area contributed by atoms with E-state index in [1.165, 1.54) is 37.2 Å². The molecule has 6 bridgehead atoms. The zero-order valence-electron chi connectivity index (χ0n) is 51.2. The van der Waals surface area contributed by atoms with Gasteiger partial charge in [-0.25, -0.2) is 0 Å². The third-order valence-electron chi connectivity index (χ3n) is 14.6. The number of ether oxygens (including phenoxy) is 6. The summed E-state index contributed by atoms with van der Waals surface area (Å²) in [7, 11) is 0. The van der Waals surface area contributed by atoms with Gasteiger partial charge >= 0.3 is 0 Å². The summed E-state index contributed by atoms with van der Waals surface area (Å²) in [4.78, 5) is 29.5. The SMILES string of the molecule is CCCOc1cc2ncc3c(O)c(O)c(cnc4cc(OCCC)c(OCCC)cc4ncc4c(O)c(O)c(cnc5cc(OCCC)c(OCCC)cc5ncc5c(O)c(O)c(cnc2cc1OCCC)c1ccccc51)c1ccccc41)c1ccccc31. The van der Waals surface area contributed by atoms with Crippen LogP contribution in [-0.2, 0) is 0 Å². The van der Waals surface area contributed by atoms with Crippen LogP contribution in [0.25, 0.3) is 97.7 Å². The molecular formula is C72H72N6O12. The second kappa shape index (κ2) is 28.9. The molecule has 13 aromatic rings. The summed E-state index contributed by atoms with van der Waals surface area (Å²) < 4.78 is 37.4. The Morgan fingerprint density at radius 1 is 0.233 bits per heavy atom. The molecule has 0 aliphatic heterocycles. The molecular weight excluding hydrogens is 1140 g/mol. The average molecular weight is 1210 g/mol. The summed E-state index contributed by atoms with van der Waals surface area (Å²) in [6, 6.07) is 31.6. The van der Waals surface area contributed by atoms with Crippen LogP contribution in [0.1, 0.15) is 80.1 Å². The van der Waals surface area contributed by atoms with Gasteiger partial charge in [0.15, 0.2) is 69.0 Å². The van der Waals surface area contributed by atoms with Crippen LogP contribution >= 0.6 is 0 Å². The number of hydrogen-bond acceptors (Lipinski definition) is 18. The normalized spacial score (nSPS) is 11.1. The first-order valence-corrected chi connectivity index (χ1v) is 30.4. The molecule has 462 valence electrons. The van der Waals surface area contributed by atoms with Gasteiger partial charge in [0, 0.05) is 106 Å². The largest absolute Gasteiger partial charge is 0.504 e. The minimum absolute atomic E-state index is 0.172. The molecule has 6 N–H and O–H groups in total. The Labute approximate surface area is 519 Å². The Balaban J connectivity index is 1.39. The molecule has 18 nitrogen and oxygen atoms in total. The van der Waals surface area contributed by atoms with E-state index in [9.17, 15) is 30.6 Å². The smallest absolute Gasteiger partial charge is 0.167 e. The molecule has 0 unspecified atom stereocenters. The van der Waals surface area contributed by atoms with E-state index in [-0.39, 0.29) is 65.4 Å². The highest BCUT2D eigenvalue weighted by Gasteiger charge is 2.18. The summed E-state index contributed by atoms with van der Waals surface area (Å²) in [5, 5.41) is 76.6. The van der Waals surface area contributed by atoms with Crippen LogP contribution in [-0.4, -0.2) is 100 Å². The highest BCUT2D eigenvalue weighted by Crippen LogP contribution is 2.45. The fourth-order valence-electron chi connectivity index (χ4n) is 10.2. The summed E-state index contributed by atoms with van der Waals surface area (Å²) in [5.41, 5.74) is 1.62. The van der Waals surface area contributed by atoms with Crippen LogP contribution in [0.5, 0.6) is 69.0 Å². The topological polar surface area (TPSA) is 254 Å². The van der Waals surface area contributed by atoms with E-state index in [0.29, 0.717) is 145 Å². The third-order valence-corrected chi connectivity index (χ3v) is 14.6. The molecule has 0 radical (unpaired) electrons. The van der Waals surface area contributed by atoms with Crippen molar-refractivity contribution in [3.8, 4) is 69.0 Å². The van der Waals surface area contributed by atoms with Crippen molar-refractivity contribution in [2.45, 2.75) is 80.1 Å². The van der Waals surface area contributed by atoms with Gasteiger partial charge in [0.05, 0.1) is 72.7 Å². The van der Waals surface area contributed by atoms with E-state index >= 15 is 0 Å². The molecule has 13 rings (SSSR count). The number of benzene rings is 9. The van der Waals surface area contributed by atoms with Gasteiger partial charge in [-0.2, -0.15) is 0 Å². The van der Waals surface area contributed by atoms with E-state index in [1.807, 2.05) is 41.5 Å². The van der Waals surface area contributed by atoms with Crippen LogP contribution in [0.3, 0.4) is 0 Å². The van der Waals surface area contributed by atoms with Crippen molar-refractivity contribution in [1.82, 2.24) is 29.9 Å². The molecule has 4 heterocycles. The first kappa shape index (κ1) is 62.4. The molecule has 9 aromatic carbocycles. The van der Waals surface area contributed by atoms with Crippen LogP contribution in [0.2, 0.25) is 0 Å². The lowest BCUT2D eigenvalue weighted by atomic mass is 10.0. The quantitative estimate of drug-likeness (QED) is 0.0437. The Morgan fingerprint density at radius 3 is 0.511 bits per heavy atom. The van der Waals surface area contributed by atoms with Gasteiger partial charge in [0.1, 0.15) is 0 Å². The van der Waals surface area contributed by atoms with E-state index in [2.05, 4.69) is 0 Å². The molecule has 4 aromatic heterocycles. The number of aromatic hydroxyl groups is 6. The van der Waals surface area contributed by atoms with E-state index < -0.39 is 34.5 Å². The third kappa shape index (κ3) is 13.3. The van der Waals surface area contributed by atoms with E-state index in [4.69, 9.17) is 58.3 Å². The Morgan fingerprint density at radius 2 is 0.378 bits per heavy atom. The number of nitrogens with zero attached hydrogens (tertiary/aromatic N) is 6. The van der Waals surface area contributed by atoms with Gasteiger partial charge in [-0.15, -0.1) is 0 Å². The number of phenols is 6. The number of hydrogen-bond donors (Lipinski definition) is 6. The van der Waals surface area contributed by atoms with Crippen molar-refractivity contribution in [2.75, 3.05) is 39.6 Å². The molecule has 0 saturated carbocycles. The first-order chi connectivity index (χ1) is 43.9. The molecule has 0 atom stereocenters. The Hall–Kier alpha value is -10.6. The highest BCUT2D eigenvalue weighted by atomic mass is 16.5. The van der Waals surface area contributed by atoms with Crippen molar-refractivity contribution in [2.24, 2.45) is 0 Å². The second-order valence-corrected chi connectivity index (χ2v) is 21.2. The van der Waals surface area contributed by atoms with Crippen molar-refractivity contribution in [3.05, 3.63) is 146 Å². The van der Waals surface area contributed by atoms with Crippen LogP contribution in [0, 0.1) is 0 Å². The van der Waals surface area contributed by atoms with Crippen LogP contribution in [0.4, 0.5) is 0 Å². The van der Waals surface area contributed by atoms with Gasteiger partial charge in [-0.05, 0) is 70.8 Å². The lowest BCUT2D eigenvalue weighted by molar-refractivity contribution is 0.269. The molecule has 90 heavy (non-hydrogen) atoms. The maximum Gasteiger partial charge on any atom is 0.167 e. The Bertz CT molecular complexity index is 3940. The van der Waals surface area contributed by atoms with Gasteiger partial charge < -0.3 is 59.1 Å². The predicted molar refractivity (Wildman–Crippen MR) is 355 cm³/mol. The van der Waals surface area contributed by atoms with Crippen molar-refractivity contribution in [3.63, 3.8) is 0 Å². The fourth-order valence-corrected chi connectivity index (χ4v) is 10.2. The second-order valence-electron chi connectivity index (χ2n) is 21.2. The predicted octanol–water partition coefficient (Wildman–Crippen LogP) is 16.5. The van der Waals surface area contributed by atoms with Crippen LogP contribution < -0.4 is 28.4 Å². The van der Waals surface area contributed by atoms with Crippen molar-refractivity contribution < 1.29 is 59.1 Å². The highest BCUT2D eigenvalue weighted by molar-refractivity contribution is 6.15. The molecule has 18 heteroatoms. The minimum Gasteiger partial charge on any atom is -0.504 e. The lowest BCUT2D eigenvalue weighted by Crippen LogP contribution is -2.01. The summed E-state index contributed by atoms with van der Waals surface area (Å²) >= 11 is 0. The number of aromatic nitrogens is 6. The molecule has 0 saturated heterocycles. The van der Waals surface area contributed by atoms with Crippen molar-refractivity contribution >= 4 is 97.7 Å². The zero-order chi connectivity index (χ0) is 63.3. The summed E-state index contributed by atoms with van der Waals surface area (Å²) in [5.74, 6) is -0.590. The maximum atomic E-state index is 12.1. The Kier molecular flexibility index (Phi) is 20.1. The summed E-state index contributed by atoms with van der Waals surface area (Å²) in [6.07, 6.45) is 12.8. The standard InChI is InChI=1S/C72H72N6O12/c1-7-25-85-61-31-55-56(32-62(61)86-26-8-2)74-38-50-45-21-15-16-22-46(45)52(70(82)68(50)80)40-76-59-35-65(89-29-11-5)66(90-30-12-6)36-60(59)78-42-54-48-24-18-17-23-47(48)53(71(83)72(54)84)41-77-58-34-64(88-28-10-4)63(87-27-9-3)33-57(58)75-39-51-44-20-14-13-19-43(44)49(37-73-55)67(79)69(51)81/h13-24,31-42,79-84H,7-12,25-30H2,1-6H3. The monoisotopic (exact) mass is 1210 g/mol. The average Bonchev–Trinajstić information content (AvgIpc) is 0.921. The first-order valence-electron chi connectivity index (χ1n) is 30.4. The molecule has 0 fully saturated rings. The lowest BCUT2D eigenvalue weighted by Gasteiger charge is -2.13. The molecule has 0 amide bonds. The van der Waals surface area contributed by atoms with Gasteiger partial charge in [0.2, 0.25) is 0 Å². The van der Waals surface area contributed by atoms with E-state index in [0.717, 1.165) is 0 Å². The van der Waals surface area contributed by atoms with Gasteiger partial charge in [0.25, 0.3) is 0 Å². The zero-order valence-corrected chi connectivity index (χ0v) is 51.2. The van der Waals surface area contributed by atoms with Crippen molar-refractivity contribution in [1.29, 1.82) is 0 Å². The molecule has 0 aliphatic carbocycles. The minimum atomic E-state index is -0.492. The number of rotatable bonds is 18. The fraction of sp³-hybridized carbons (Fsp3) is 0.250.